The SMILES string of the molecule is CCC(O)(CC)CNC(=O)CCc1ccc(OC)c(Cl)c1. The van der Waals surface area contributed by atoms with E-state index in [4.69, 9.17) is 16.3 Å². The van der Waals surface area contributed by atoms with Crippen molar-refractivity contribution in [1.29, 1.82) is 0 Å². The van der Waals surface area contributed by atoms with Crippen molar-refractivity contribution in [3.8, 4) is 5.75 Å². The first kappa shape index (κ1) is 17.8. The van der Waals surface area contributed by atoms with E-state index in [9.17, 15) is 9.90 Å². The summed E-state index contributed by atoms with van der Waals surface area (Å²) in [4.78, 5) is 11.8. The van der Waals surface area contributed by atoms with Gasteiger partial charge in [0.2, 0.25) is 5.91 Å². The molecule has 118 valence electrons. The van der Waals surface area contributed by atoms with Gasteiger partial charge in [-0.15, -0.1) is 0 Å². The molecule has 0 aliphatic heterocycles. The molecule has 0 aliphatic carbocycles. The lowest BCUT2D eigenvalue weighted by molar-refractivity contribution is -0.122. The number of carbonyl (C=O) groups is 1. The topological polar surface area (TPSA) is 58.6 Å². The number of ether oxygens (including phenoxy) is 1. The van der Waals surface area contributed by atoms with Crippen LogP contribution in [0.3, 0.4) is 0 Å². The second-order valence-corrected chi connectivity index (χ2v) is 5.58. The van der Waals surface area contributed by atoms with Crippen LogP contribution in [0.2, 0.25) is 5.02 Å². The number of benzene rings is 1. The largest absolute Gasteiger partial charge is 0.495 e. The predicted octanol–water partition coefficient (Wildman–Crippen LogP) is 2.95. The molecule has 0 fully saturated rings. The number of nitrogens with one attached hydrogen (secondary N) is 1. The number of methoxy groups -OCH3 is 1. The van der Waals surface area contributed by atoms with Gasteiger partial charge in [0, 0.05) is 13.0 Å². The fourth-order valence-electron chi connectivity index (χ4n) is 1.97. The minimum atomic E-state index is -0.806. The molecule has 2 N–H and O–H groups in total. The zero-order valence-corrected chi connectivity index (χ0v) is 13.7. The first-order valence-corrected chi connectivity index (χ1v) is 7.63. The molecule has 0 aromatic heterocycles. The van der Waals surface area contributed by atoms with Gasteiger partial charge >= 0.3 is 0 Å². The number of halogens is 1. The highest BCUT2D eigenvalue weighted by Gasteiger charge is 2.22. The molecule has 0 radical (unpaired) electrons. The fraction of sp³-hybridized carbons (Fsp3) is 0.562. The summed E-state index contributed by atoms with van der Waals surface area (Å²) in [5.74, 6) is 0.558. The number of aliphatic hydroxyl groups is 1. The Morgan fingerprint density at radius 2 is 2.05 bits per heavy atom. The van der Waals surface area contributed by atoms with Crippen molar-refractivity contribution in [3.63, 3.8) is 0 Å². The number of carbonyl (C=O) groups excluding carboxylic acids is 1. The molecule has 1 rings (SSSR count). The van der Waals surface area contributed by atoms with Gasteiger partial charge in [0.1, 0.15) is 5.75 Å². The lowest BCUT2D eigenvalue weighted by Crippen LogP contribution is -2.42. The van der Waals surface area contributed by atoms with Gasteiger partial charge in [0.05, 0.1) is 17.7 Å². The van der Waals surface area contributed by atoms with Crippen molar-refractivity contribution in [2.24, 2.45) is 0 Å². The molecular formula is C16H24ClNO3. The number of amides is 1. The molecule has 0 saturated carbocycles. The van der Waals surface area contributed by atoms with Crippen LogP contribution in [-0.4, -0.2) is 30.3 Å². The second kappa shape index (κ2) is 8.25. The summed E-state index contributed by atoms with van der Waals surface area (Å²) in [6.07, 6.45) is 2.22. The van der Waals surface area contributed by atoms with Crippen LogP contribution < -0.4 is 10.1 Å². The van der Waals surface area contributed by atoms with E-state index in [0.717, 1.165) is 5.56 Å². The Morgan fingerprint density at radius 3 is 2.57 bits per heavy atom. The average molecular weight is 314 g/mol. The monoisotopic (exact) mass is 313 g/mol. The van der Waals surface area contributed by atoms with Crippen LogP contribution in [0.25, 0.3) is 0 Å². The number of hydrogen-bond donors (Lipinski definition) is 2. The van der Waals surface area contributed by atoms with Gasteiger partial charge < -0.3 is 15.2 Å². The fourth-order valence-corrected chi connectivity index (χ4v) is 2.26. The van der Waals surface area contributed by atoms with Crippen molar-refractivity contribution in [3.05, 3.63) is 28.8 Å². The summed E-state index contributed by atoms with van der Waals surface area (Å²) < 4.78 is 5.09. The Morgan fingerprint density at radius 1 is 1.38 bits per heavy atom. The molecule has 0 heterocycles. The van der Waals surface area contributed by atoms with Gasteiger partial charge in [-0.25, -0.2) is 0 Å². The molecule has 0 bridgehead atoms. The summed E-state index contributed by atoms with van der Waals surface area (Å²) in [7, 11) is 1.57. The Bertz CT molecular complexity index is 473. The van der Waals surface area contributed by atoms with E-state index >= 15 is 0 Å². The molecule has 0 unspecified atom stereocenters. The van der Waals surface area contributed by atoms with E-state index in [1.165, 1.54) is 0 Å². The van der Waals surface area contributed by atoms with Gasteiger partial charge in [0.15, 0.2) is 0 Å². The van der Waals surface area contributed by atoms with E-state index in [2.05, 4.69) is 5.32 Å². The van der Waals surface area contributed by atoms with Crippen LogP contribution in [0, 0.1) is 0 Å². The van der Waals surface area contributed by atoms with Gasteiger partial charge in [-0.1, -0.05) is 31.5 Å². The smallest absolute Gasteiger partial charge is 0.220 e. The van der Waals surface area contributed by atoms with Crippen LogP contribution in [0.4, 0.5) is 0 Å². The third-order valence-electron chi connectivity index (χ3n) is 3.79. The van der Waals surface area contributed by atoms with Crippen molar-refractivity contribution in [1.82, 2.24) is 5.32 Å². The highest BCUT2D eigenvalue weighted by atomic mass is 35.5. The summed E-state index contributed by atoms with van der Waals surface area (Å²) >= 11 is 6.04. The summed E-state index contributed by atoms with van der Waals surface area (Å²) in [5, 5.41) is 13.4. The van der Waals surface area contributed by atoms with E-state index in [-0.39, 0.29) is 5.91 Å². The first-order valence-electron chi connectivity index (χ1n) is 7.25. The normalized spacial score (nSPS) is 11.3. The lowest BCUT2D eigenvalue weighted by Gasteiger charge is -2.25. The Labute approximate surface area is 131 Å². The molecule has 1 aromatic carbocycles. The van der Waals surface area contributed by atoms with Crippen molar-refractivity contribution in [2.75, 3.05) is 13.7 Å². The molecule has 4 nitrogen and oxygen atoms in total. The van der Waals surface area contributed by atoms with Crippen LogP contribution in [0.5, 0.6) is 5.75 Å². The molecule has 0 aliphatic rings. The maximum atomic E-state index is 11.8. The van der Waals surface area contributed by atoms with Gasteiger partial charge in [-0.2, -0.15) is 0 Å². The minimum Gasteiger partial charge on any atom is -0.495 e. The predicted molar refractivity (Wildman–Crippen MR) is 84.9 cm³/mol. The van der Waals surface area contributed by atoms with Crippen molar-refractivity contribution in [2.45, 2.75) is 45.1 Å². The molecular weight excluding hydrogens is 290 g/mol. The number of hydrogen-bond acceptors (Lipinski definition) is 3. The minimum absolute atomic E-state index is 0.0673. The molecule has 5 heteroatoms. The first-order chi connectivity index (χ1) is 9.94. The third-order valence-corrected chi connectivity index (χ3v) is 4.08. The van der Waals surface area contributed by atoms with E-state index < -0.39 is 5.60 Å². The maximum absolute atomic E-state index is 11.8. The quantitative estimate of drug-likeness (QED) is 0.776. The number of aryl methyl sites for hydroxylation is 1. The third kappa shape index (κ3) is 5.56. The summed E-state index contributed by atoms with van der Waals surface area (Å²) in [5.41, 5.74) is 0.177. The van der Waals surface area contributed by atoms with Crippen LogP contribution in [0.15, 0.2) is 18.2 Å². The van der Waals surface area contributed by atoms with Gasteiger partial charge in [-0.3, -0.25) is 4.79 Å². The maximum Gasteiger partial charge on any atom is 0.220 e. The molecule has 0 atom stereocenters. The van der Waals surface area contributed by atoms with E-state index in [1.54, 1.807) is 13.2 Å². The van der Waals surface area contributed by atoms with Crippen molar-refractivity contribution < 1.29 is 14.6 Å². The standard InChI is InChI=1S/C16H24ClNO3/c1-4-16(20,5-2)11-18-15(19)9-7-12-6-8-14(21-3)13(17)10-12/h6,8,10,20H,4-5,7,9,11H2,1-3H3,(H,18,19). The zero-order chi connectivity index (χ0) is 15.9. The average Bonchev–Trinajstić information content (AvgIpc) is 2.50. The Hall–Kier alpha value is -1.26. The molecule has 1 aromatic rings. The molecule has 1 amide bonds. The van der Waals surface area contributed by atoms with Crippen LogP contribution in [0.1, 0.15) is 38.7 Å². The van der Waals surface area contributed by atoms with Crippen LogP contribution in [-0.2, 0) is 11.2 Å². The summed E-state index contributed by atoms with van der Waals surface area (Å²) in [6, 6.07) is 5.50. The highest BCUT2D eigenvalue weighted by molar-refractivity contribution is 6.32. The van der Waals surface area contributed by atoms with Gasteiger partial charge in [-0.05, 0) is 37.0 Å². The molecule has 21 heavy (non-hydrogen) atoms. The van der Waals surface area contributed by atoms with E-state index in [0.29, 0.717) is 43.0 Å². The Kier molecular flexibility index (Phi) is 6.99. The van der Waals surface area contributed by atoms with Crippen LogP contribution >= 0.6 is 11.6 Å². The Balaban J connectivity index is 2.45. The van der Waals surface area contributed by atoms with Gasteiger partial charge in [0.25, 0.3) is 0 Å². The molecule has 0 spiro atoms. The van der Waals surface area contributed by atoms with E-state index in [1.807, 2.05) is 26.0 Å². The highest BCUT2D eigenvalue weighted by Crippen LogP contribution is 2.25. The second-order valence-electron chi connectivity index (χ2n) is 5.18. The number of rotatable bonds is 8. The zero-order valence-electron chi connectivity index (χ0n) is 12.9. The molecule has 0 saturated heterocycles. The lowest BCUT2D eigenvalue weighted by atomic mass is 9.97. The summed E-state index contributed by atoms with van der Waals surface area (Å²) in [6.45, 7) is 4.12. The van der Waals surface area contributed by atoms with Crippen molar-refractivity contribution >= 4 is 17.5 Å².